The Balaban J connectivity index is 2.16. The summed E-state index contributed by atoms with van der Waals surface area (Å²) in [4.78, 5) is 14.6. The molecule has 1 fully saturated rings. The highest BCUT2D eigenvalue weighted by Gasteiger charge is 2.25. The smallest absolute Gasteiger partial charge is 0.254 e. The Kier molecular flexibility index (Phi) is 6.10. The Morgan fingerprint density at radius 2 is 1.61 bits per heavy atom. The Morgan fingerprint density at radius 3 is 2.04 bits per heavy atom. The van der Waals surface area contributed by atoms with E-state index in [1.54, 1.807) is 40.6 Å². The number of carbonyl (C=O) groups is 1. The third kappa shape index (κ3) is 3.88. The first-order valence-corrected chi connectivity index (χ1v) is 7.72. The van der Waals surface area contributed by atoms with Crippen LogP contribution in [0, 0.1) is 5.92 Å². The number of amides is 1. The maximum Gasteiger partial charge on any atom is 0.254 e. The maximum atomic E-state index is 12.7. The number of nitrogens with zero attached hydrogens (tertiary/aromatic N) is 1. The van der Waals surface area contributed by atoms with E-state index in [0.29, 0.717) is 28.7 Å². The fourth-order valence-corrected chi connectivity index (χ4v) is 2.93. The predicted molar refractivity (Wildman–Crippen MR) is 86.6 cm³/mol. The second kappa shape index (κ2) is 8.06. The molecule has 1 aliphatic heterocycles. The molecule has 1 aromatic rings. The van der Waals surface area contributed by atoms with Crippen LogP contribution in [-0.4, -0.2) is 58.9 Å². The molecule has 0 N–H and O–H groups in total. The zero-order valence-electron chi connectivity index (χ0n) is 14.3. The van der Waals surface area contributed by atoms with Gasteiger partial charge in [0.1, 0.15) is 0 Å². The minimum Gasteiger partial charge on any atom is -0.493 e. The molecule has 6 heteroatoms. The molecule has 2 rings (SSSR count). The maximum absolute atomic E-state index is 12.7. The monoisotopic (exact) mass is 323 g/mol. The summed E-state index contributed by atoms with van der Waals surface area (Å²) >= 11 is 0. The van der Waals surface area contributed by atoms with Gasteiger partial charge in [0, 0.05) is 32.4 Å². The average molecular weight is 323 g/mol. The molecule has 0 unspecified atom stereocenters. The number of piperidine rings is 1. The second-order valence-electron chi connectivity index (χ2n) is 5.60. The largest absolute Gasteiger partial charge is 0.493 e. The third-order valence-corrected chi connectivity index (χ3v) is 4.22. The lowest BCUT2D eigenvalue weighted by Crippen LogP contribution is -2.39. The van der Waals surface area contributed by atoms with Crippen LogP contribution in [0.4, 0.5) is 0 Å². The number of ether oxygens (including phenoxy) is 4. The molecule has 0 atom stereocenters. The standard InChI is InChI=1S/C17H25NO5/c1-20-11-12-5-7-18(8-6-12)17(19)13-9-14(21-2)16(23-4)15(10-13)22-3/h9-10,12H,5-8,11H2,1-4H3. The molecule has 1 aromatic carbocycles. The molecule has 1 aliphatic rings. The summed E-state index contributed by atoms with van der Waals surface area (Å²) in [5, 5.41) is 0. The van der Waals surface area contributed by atoms with Crippen molar-refractivity contribution in [1.29, 1.82) is 0 Å². The fraction of sp³-hybridized carbons (Fsp3) is 0.588. The minimum absolute atomic E-state index is 0.0138. The molecule has 1 amide bonds. The molecule has 0 spiro atoms. The first-order valence-electron chi connectivity index (χ1n) is 7.72. The third-order valence-electron chi connectivity index (χ3n) is 4.22. The van der Waals surface area contributed by atoms with Crippen molar-refractivity contribution < 1.29 is 23.7 Å². The molecule has 0 aliphatic carbocycles. The summed E-state index contributed by atoms with van der Waals surface area (Å²) in [6.07, 6.45) is 1.92. The molecule has 23 heavy (non-hydrogen) atoms. The van der Waals surface area contributed by atoms with Gasteiger partial charge >= 0.3 is 0 Å². The topological polar surface area (TPSA) is 57.2 Å². The van der Waals surface area contributed by atoms with E-state index in [-0.39, 0.29) is 5.91 Å². The van der Waals surface area contributed by atoms with Crippen molar-refractivity contribution in [3.63, 3.8) is 0 Å². The van der Waals surface area contributed by atoms with E-state index in [4.69, 9.17) is 18.9 Å². The van der Waals surface area contributed by atoms with Crippen LogP contribution in [0.3, 0.4) is 0 Å². The molecule has 1 saturated heterocycles. The van der Waals surface area contributed by atoms with Crippen LogP contribution in [0.25, 0.3) is 0 Å². The van der Waals surface area contributed by atoms with Crippen molar-refractivity contribution in [3.8, 4) is 17.2 Å². The molecule has 6 nitrogen and oxygen atoms in total. The summed E-state index contributed by atoms with van der Waals surface area (Å²) in [6.45, 7) is 2.24. The van der Waals surface area contributed by atoms with Crippen LogP contribution < -0.4 is 14.2 Å². The SMILES string of the molecule is COCC1CCN(C(=O)c2cc(OC)c(OC)c(OC)c2)CC1. The first kappa shape index (κ1) is 17.4. The van der Waals surface area contributed by atoms with Crippen LogP contribution in [0.2, 0.25) is 0 Å². The summed E-state index contributed by atoms with van der Waals surface area (Å²) in [6, 6.07) is 3.40. The van der Waals surface area contributed by atoms with Gasteiger partial charge in [0.2, 0.25) is 5.75 Å². The zero-order chi connectivity index (χ0) is 16.8. The van der Waals surface area contributed by atoms with Crippen LogP contribution >= 0.6 is 0 Å². The molecule has 0 bridgehead atoms. The molecule has 128 valence electrons. The van der Waals surface area contributed by atoms with Crippen molar-refractivity contribution >= 4 is 5.91 Å². The summed E-state index contributed by atoms with van der Waals surface area (Å²) < 4.78 is 21.1. The number of rotatable bonds is 6. The van der Waals surface area contributed by atoms with Gasteiger partial charge in [-0.05, 0) is 30.9 Å². The highest BCUT2D eigenvalue weighted by Crippen LogP contribution is 2.38. The van der Waals surface area contributed by atoms with Gasteiger partial charge in [-0.1, -0.05) is 0 Å². The lowest BCUT2D eigenvalue weighted by Gasteiger charge is -2.32. The van der Waals surface area contributed by atoms with E-state index in [9.17, 15) is 4.79 Å². The van der Waals surface area contributed by atoms with Crippen molar-refractivity contribution in [1.82, 2.24) is 4.90 Å². The average Bonchev–Trinajstić information content (AvgIpc) is 2.60. The summed E-state index contributed by atoms with van der Waals surface area (Å²) in [5.41, 5.74) is 0.546. The van der Waals surface area contributed by atoms with E-state index in [0.717, 1.165) is 32.5 Å². The van der Waals surface area contributed by atoms with E-state index < -0.39 is 0 Å². The van der Waals surface area contributed by atoms with Gasteiger partial charge in [0.05, 0.1) is 21.3 Å². The molecule has 0 aromatic heterocycles. The number of methoxy groups -OCH3 is 4. The van der Waals surface area contributed by atoms with E-state index in [1.165, 1.54) is 0 Å². The van der Waals surface area contributed by atoms with Crippen molar-refractivity contribution in [2.45, 2.75) is 12.8 Å². The van der Waals surface area contributed by atoms with Gasteiger partial charge in [-0.25, -0.2) is 0 Å². The van der Waals surface area contributed by atoms with Gasteiger partial charge in [0.25, 0.3) is 5.91 Å². The van der Waals surface area contributed by atoms with E-state index >= 15 is 0 Å². The minimum atomic E-state index is -0.0138. The lowest BCUT2D eigenvalue weighted by atomic mass is 9.97. The number of hydrogen-bond acceptors (Lipinski definition) is 5. The van der Waals surface area contributed by atoms with Gasteiger partial charge in [0.15, 0.2) is 11.5 Å². The van der Waals surface area contributed by atoms with Crippen LogP contribution in [0.5, 0.6) is 17.2 Å². The highest BCUT2D eigenvalue weighted by molar-refractivity contribution is 5.95. The highest BCUT2D eigenvalue weighted by atomic mass is 16.5. The molecular formula is C17H25NO5. The Labute approximate surface area is 137 Å². The van der Waals surface area contributed by atoms with Crippen molar-refractivity contribution in [3.05, 3.63) is 17.7 Å². The summed E-state index contributed by atoms with van der Waals surface area (Å²) in [7, 11) is 6.35. The lowest BCUT2D eigenvalue weighted by molar-refractivity contribution is 0.0613. The van der Waals surface area contributed by atoms with Crippen LogP contribution in [-0.2, 0) is 4.74 Å². The summed E-state index contributed by atoms with van der Waals surface area (Å²) in [5.74, 6) is 1.99. The zero-order valence-corrected chi connectivity index (χ0v) is 14.3. The fourth-order valence-electron chi connectivity index (χ4n) is 2.93. The second-order valence-corrected chi connectivity index (χ2v) is 5.60. The molecular weight excluding hydrogens is 298 g/mol. The quantitative estimate of drug-likeness (QED) is 0.803. The van der Waals surface area contributed by atoms with Crippen LogP contribution in [0.1, 0.15) is 23.2 Å². The van der Waals surface area contributed by atoms with Gasteiger partial charge in [-0.2, -0.15) is 0 Å². The van der Waals surface area contributed by atoms with E-state index in [2.05, 4.69) is 0 Å². The van der Waals surface area contributed by atoms with Gasteiger partial charge < -0.3 is 23.8 Å². The number of likely N-dealkylation sites (tertiary alicyclic amines) is 1. The van der Waals surface area contributed by atoms with Crippen molar-refractivity contribution in [2.75, 3.05) is 48.1 Å². The van der Waals surface area contributed by atoms with Gasteiger partial charge in [-0.15, -0.1) is 0 Å². The molecule has 1 heterocycles. The first-order chi connectivity index (χ1) is 11.1. The number of carbonyl (C=O) groups excluding carboxylic acids is 1. The van der Waals surface area contributed by atoms with Gasteiger partial charge in [-0.3, -0.25) is 4.79 Å². The molecule has 0 saturated carbocycles. The van der Waals surface area contributed by atoms with E-state index in [1.807, 2.05) is 4.90 Å². The number of hydrogen-bond donors (Lipinski definition) is 0. The predicted octanol–water partition coefficient (Wildman–Crippen LogP) is 2.21. The Hall–Kier alpha value is -1.95. The Morgan fingerprint density at radius 1 is 1.04 bits per heavy atom. The van der Waals surface area contributed by atoms with Crippen molar-refractivity contribution in [2.24, 2.45) is 5.92 Å². The number of benzene rings is 1. The Bertz CT molecular complexity index is 513. The normalized spacial score (nSPS) is 15.4. The molecule has 0 radical (unpaired) electrons. The van der Waals surface area contributed by atoms with Crippen LogP contribution in [0.15, 0.2) is 12.1 Å².